The third-order valence-corrected chi connectivity index (χ3v) is 3.04. The van der Waals surface area contributed by atoms with Crippen LogP contribution in [0.5, 0.6) is 5.75 Å². The van der Waals surface area contributed by atoms with Gasteiger partial charge in [-0.05, 0) is 36.6 Å². The van der Waals surface area contributed by atoms with Gasteiger partial charge in [-0.2, -0.15) is 0 Å². The molecule has 0 unspecified atom stereocenters. The summed E-state index contributed by atoms with van der Waals surface area (Å²) in [6.07, 6.45) is 1.51. The molecule has 0 saturated carbocycles. The number of nitrogens with zero attached hydrogens (tertiary/aromatic N) is 1. The second-order valence-electron chi connectivity index (χ2n) is 4.36. The average molecular weight is 249 g/mol. The summed E-state index contributed by atoms with van der Waals surface area (Å²) in [5, 5.41) is 18.0. The summed E-state index contributed by atoms with van der Waals surface area (Å²) in [5.74, 6) is -0.955. The Balaban J connectivity index is 2.17. The van der Waals surface area contributed by atoms with Gasteiger partial charge in [0.1, 0.15) is 5.75 Å². The van der Waals surface area contributed by atoms with Crippen molar-refractivity contribution in [3.8, 4) is 5.75 Å². The Morgan fingerprint density at radius 3 is 2.78 bits per heavy atom. The lowest BCUT2D eigenvalue weighted by atomic mass is 10.0. The van der Waals surface area contributed by atoms with Crippen molar-refractivity contribution < 1.29 is 19.8 Å². The highest BCUT2D eigenvalue weighted by molar-refractivity contribution is 5.96. The van der Waals surface area contributed by atoms with E-state index in [2.05, 4.69) is 0 Å². The lowest BCUT2D eigenvalue weighted by Gasteiger charge is -2.29. The van der Waals surface area contributed by atoms with Crippen LogP contribution in [0, 0.1) is 0 Å². The van der Waals surface area contributed by atoms with E-state index < -0.39 is 5.97 Å². The third kappa shape index (κ3) is 2.61. The van der Waals surface area contributed by atoms with E-state index >= 15 is 0 Å². The van der Waals surface area contributed by atoms with Gasteiger partial charge in [0, 0.05) is 18.7 Å². The predicted octanol–water partition coefficient (Wildman–Crippen LogP) is 1.54. The summed E-state index contributed by atoms with van der Waals surface area (Å²) >= 11 is 0. The zero-order chi connectivity index (χ0) is 13.1. The number of carboxylic acid groups (broad SMARTS) is 1. The van der Waals surface area contributed by atoms with Crippen LogP contribution < -0.4 is 4.90 Å². The summed E-state index contributed by atoms with van der Waals surface area (Å²) in [6.45, 7) is 0.607. The van der Waals surface area contributed by atoms with E-state index in [9.17, 15) is 14.7 Å². The van der Waals surface area contributed by atoms with E-state index in [1.165, 1.54) is 0 Å². The lowest BCUT2D eigenvalue weighted by Crippen LogP contribution is -2.35. The molecule has 0 radical (unpaired) electrons. The summed E-state index contributed by atoms with van der Waals surface area (Å²) in [4.78, 5) is 24.0. The molecule has 0 aliphatic carbocycles. The molecule has 1 aromatic rings. The first-order chi connectivity index (χ1) is 8.58. The number of benzene rings is 1. The highest BCUT2D eigenvalue weighted by Crippen LogP contribution is 2.30. The van der Waals surface area contributed by atoms with Crippen LogP contribution in [-0.2, 0) is 16.0 Å². The zero-order valence-electron chi connectivity index (χ0n) is 9.93. The number of rotatable bonds is 3. The Morgan fingerprint density at radius 1 is 1.28 bits per heavy atom. The molecule has 0 fully saturated rings. The smallest absolute Gasteiger partial charge is 0.303 e. The Morgan fingerprint density at radius 2 is 2.06 bits per heavy atom. The van der Waals surface area contributed by atoms with Crippen molar-refractivity contribution in [1.82, 2.24) is 0 Å². The first-order valence-electron chi connectivity index (χ1n) is 5.92. The second-order valence-corrected chi connectivity index (χ2v) is 4.36. The fourth-order valence-corrected chi connectivity index (χ4v) is 2.19. The van der Waals surface area contributed by atoms with E-state index in [0.29, 0.717) is 6.54 Å². The zero-order valence-corrected chi connectivity index (χ0v) is 9.93. The molecule has 1 aromatic carbocycles. The van der Waals surface area contributed by atoms with Gasteiger partial charge >= 0.3 is 5.97 Å². The van der Waals surface area contributed by atoms with E-state index in [4.69, 9.17) is 5.11 Å². The van der Waals surface area contributed by atoms with Gasteiger partial charge in [-0.1, -0.05) is 0 Å². The average Bonchev–Trinajstić information content (AvgIpc) is 2.34. The summed E-state index contributed by atoms with van der Waals surface area (Å²) in [5.41, 5.74) is 1.72. The highest BCUT2D eigenvalue weighted by Gasteiger charge is 2.22. The quantitative estimate of drug-likeness (QED) is 0.851. The monoisotopic (exact) mass is 249 g/mol. The van der Waals surface area contributed by atoms with Crippen molar-refractivity contribution in [2.45, 2.75) is 25.7 Å². The van der Waals surface area contributed by atoms with Crippen molar-refractivity contribution in [3.05, 3.63) is 23.8 Å². The van der Waals surface area contributed by atoms with Gasteiger partial charge in [-0.3, -0.25) is 9.59 Å². The maximum absolute atomic E-state index is 12.0. The molecular weight excluding hydrogens is 234 g/mol. The van der Waals surface area contributed by atoms with E-state index in [0.717, 1.165) is 24.1 Å². The van der Waals surface area contributed by atoms with Gasteiger partial charge in [0.25, 0.3) is 0 Å². The minimum Gasteiger partial charge on any atom is -0.508 e. The fourth-order valence-electron chi connectivity index (χ4n) is 2.19. The highest BCUT2D eigenvalue weighted by atomic mass is 16.4. The number of hydrogen-bond acceptors (Lipinski definition) is 3. The third-order valence-electron chi connectivity index (χ3n) is 3.04. The number of aromatic hydroxyl groups is 1. The fraction of sp³-hybridized carbons (Fsp3) is 0.385. The minimum absolute atomic E-state index is 0.00957. The number of amides is 1. The van der Waals surface area contributed by atoms with Gasteiger partial charge < -0.3 is 15.1 Å². The number of aryl methyl sites for hydroxylation is 1. The maximum atomic E-state index is 12.0. The van der Waals surface area contributed by atoms with E-state index in [-0.39, 0.29) is 24.5 Å². The van der Waals surface area contributed by atoms with Crippen molar-refractivity contribution in [2.24, 2.45) is 0 Å². The summed E-state index contributed by atoms with van der Waals surface area (Å²) in [6, 6.07) is 4.91. The Bertz CT molecular complexity index is 484. The largest absolute Gasteiger partial charge is 0.508 e. The standard InChI is InChI=1S/C13H15NO4/c15-10-3-4-11-9(8-10)2-1-7-14(11)12(16)5-6-13(17)18/h3-4,8,15H,1-2,5-7H2,(H,17,18). The van der Waals surface area contributed by atoms with Crippen LogP contribution in [0.1, 0.15) is 24.8 Å². The number of phenols is 1. The number of anilines is 1. The first kappa shape index (κ1) is 12.4. The molecule has 18 heavy (non-hydrogen) atoms. The molecule has 5 nitrogen and oxygen atoms in total. The number of carboxylic acids is 1. The molecule has 2 rings (SSSR count). The Hall–Kier alpha value is -2.04. The number of fused-ring (bicyclic) bond motifs is 1. The van der Waals surface area contributed by atoms with Crippen LogP contribution in [0.2, 0.25) is 0 Å². The van der Waals surface area contributed by atoms with Crippen LogP contribution in [0.3, 0.4) is 0 Å². The van der Waals surface area contributed by atoms with Crippen LogP contribution >= 0.6 is 0 Å². The summed E-state index contributed by atoms with van der Waals surface area (Å²) < 4.78 is 0. The van der Waals surface area contributed by atoms with E-state index in [1.54, 1.807) is 23.1 Å². The number of phenolic OH excluding ortho intramolecular Hbond substituents is 1. The molecule has 0 aromatic heterocycles. The number of aliphatic carboxylic acids is 1. The normalized spacial score (nSPS) is 14.1. The molecular formula is C13H15NO4. The van der Waals surface area contributed by atoms with Gasteiger partial charge in [0.2, 0.25) is 5.91 Å². The molecule has 1 aliphatic rings. The van der Waals surface area contributed by atoms with Crippen molar-refractivity contribution in [3.63, 3.8) is 0 Å². The minimum atomic E-state index is -0.966. The maximum Gasteiger partial charge on any atom is 0.303 e. The van der Waals surface area contributed by atoms with Crippen LogP contribution in [0.4, 0.5) is 5.69 Å². The molecule has 2 N–H and O–H groups in total. The van der Waals surface area contributed by atoms with Crippen LogP contribution in [0.25, 0.3) is 0 Å². The van der Waals surface area contributed by atoms with Crippen molar-refractivity contribution in [1.29, 1.82) is 0 Å². The second kappa shape index (κ2) is 5.08. The molecule has 1 heterocycles. The van der Waals surface area contributed by atoms with Crippen molar-refractivity contribution >= 4 is 17.6 Å². The van der Waals surface area contributed by atoms with Gasteiger partial charge in [-0.25, -0.2) is 0 Å². The topological polar surface area (TPSA) is 77.8 Å². The number of carbonyl (C=O) groups is 2. The first-order valence-corrected chi connectivity index (χ1v) is 5.92. The molecule has 96 valence electrons. The predicted molar refractivity (Wildman–Crippen MR) is 65.7 cm³/mol. The van der Waals surface area contributed by atoms with Gasteiger partial charge in [0.15, 0.2) is 0 Å². The lowest BCUT2D eigenvalue weighted by molar-refractivity contribution is -0.138. The molecule has 1 amide bonds. The Labute approximate surface area is 105 Å². The number of carbonyl (C=O) groups excluding carboxylic acids is 1. The van der Waals surface area contributed by atoms with E-state index in [1.807, 2.05) is 0 Å². The molecule has 0 atom stereocenters. The molecule has 5 heteroatoms. The van der Waals surface area contributed by atoms with Gasteiger partial charge in [0.05, 0.1) is 6.42 Å². The molecule has 0 bridgehead atoms. The summed E-state index contributed by atoms with van der Waals surface area (Å²) in [7, 11) is 0. The Kier molecular flexibility index (Phi) is 3.50. The van der Waals surface area contributed by atoms with Gasteiger partial charge in [-0.15, -0.1) is 0 Å². The van der Waals surface area contributed by atoms with Crippen molar-refractivity contribution in [2.75, 3.05) is 11.4 Å². The SMILES string of the molecule is O=C(O)CCC(=O)N1CCCc2cc(O)ccc21. The molecule has 0 saturated heterocycles. The van der Waals surface area contributed by atoms with Crippen LogP contribution in [-0.4, -0.2) is 28.6 Å². The molecule has 1 aliphatic heterocycles. The van der Waals surface area contributed by atoms with Crippen LogP contribution in [0.15, 0.2) is 18.2 Å². The molecule has 0 spiro atoms. The number of hydrogen-bond donors (Lipinski definition) is 2.